The molecule has 1 amide bonds. The van der Waals surface area contributed by atoms with Crippen molar-refractivity contribution in [2.24, 2.45) is 5.92 Å². The van der Waals surface area contributed by atoms with Crippen LogP contribution in [0.2, 0.25) is 0 Å². The van der Waals surface area contributed by atoms with E-state index in [0.29, 0.717) is 18.2 Å². The fourth-order valence-electron chi connectivity index (χ4n) is 1.84. The molecule has 1 aromatic heterocycles. The summed E-state index contributed by atoms with van der Waals surface area (Å²) in [6.07, 6.45) is 0.156. The Hall–Kier alpha value is -2.11. The van der Waals surface area contributed by atoms with Crippen LogP contribution in [0.15, 0.2) is 18.2 Å². The van der Waals surface area contributed by atoms with Gasteiger partial charge in [0.1, 0.15) is 11.6 Å². The molecule has 1 aliphatic rings. The van der Waals surface area contributed by atoms with Crippen molar-refractivity contribution in [3.63, 3.8) is 0 Å². The second-order valence-electron chi connectivity index (χ2n) is 3.85. The number of rotatable bonds is 2. The number of pyridine rings is 1. The van der Waals surface area contributed by atoms with E-state index in [9.17, 15) is 9.59 Å². The van der Waals surface area contributed by atoms with Crippen LogP contribution in [0.3, 0.4) is 0 Å². The van der Waals surface area contributed by atoms with Crippen LogP contribution in [0.4, 0.5) is 11.6 Å². The zero-order chi connectivity index (χ0) is 12.4. The van der Waals surface area contributed by atoms with Gasteiger partial charge >= 0.3 is 5.97 Å². The number of esters is 1. The van der Waals surface area contributed by atoms with Gasteiger partial charge in [-0.3, -0.25) is 14.5 Å². The molecule has 2 rings (SSSR count). The molecule has 0 aromatic carbocycles. The van der Waals surface area contributed by atoms with Gasteiger partial charge in [-0.25, -0.2) is 4.98 Å². The smallest absolute Gasteiger partial charge is 0.311 e. The van der Waals surface area contributed by atoms with Crippen LogP contribution in [-0.2, 0) is 14.3 Å². The Morgan fingerprint density at radius 1 is 1.59 bits per heavy atom. The van der Waals surface area contributed by atoms with Gasteiger partial charge in [0.15, 0.2) is 0 Å². The maximum Gasteiger partial charge on any atom is 0.311 e. The van der Waals surface area contributed by atoms with E-state index in [1.54, 1.807) is 18.2 Å². The van der Waals surface area contributed by atoms with Crippen LogP contribution < -0.4 is 10.6 Å². The molecule has 2 heterocycles. The number of nitrogen functional groups attached to an aromatic ring is 1. The van der Waals surface area contributed by atoms with Gasteiger partial charge in [0, 0.05) is 13.0 Å². The highest BCUT2D eigenvalue weighted by Gasteiger charge is 2.36. The Bertz CT molecular complexity index is 461. The van der Waals surface area contributed by atoms with Crippen molar-refractivity contribution in [1.82, 2.24) is 4.98 Å². The number of nitrogens with two attached hydrogens (primary N) is 1. The highest BCUT2D eigenvalue weighted by molar-refractivity contribution is 5.98. The lowest BCUT2D eigenvalue weighted by molar-refractivity contribution is -0.145. The fraction of sp³-hybridized carbons (Fsp3) is 0.364. The minimum atomic E-state index is -0.421. The van der Waals surface area contributed by atoms with E-state index in [1.165, 1.54) is 12.0 Å². The first kappa shape index (κ1) is 11.4. The maximum absolute atomic E-state index is 11.8. The molecule has 0 bridgehead atoms. The minimum absolute atomic E-state index is 0.140. The van der Waals surface area contributed by atoms with Crippen molar-refractivity contribution < 1.29 is 14.3 Å². The lowest BCUT2D eigenvalue weighted by Gasteiger charge is -2.15. The van der Waals surface area contributed by atoms with Crippen molar-refractivity contribution in [1.29, 1.82) is 0 Å². The summed E-state index contributed by atoms with van der Waals surface area (Å²) in [6, 6.07) is 5.05. The SMILES string of the molecule is COC(=O)C1CC(=O)N(c2cccc(N)n2)C1. The molecule has 6 nitrogen and oxygen atoms in total. The third-order valence-corrected chi connectivity index (χ3v) is 2.69. The Labute approximate surface area is 98.4 Å². The zero-order valence-corrected chi connectivity index (χ0v) is 9.42. The standard InChI is InChI=1S/C11H13N3O3/c1-17-11(16)7-5-10(15)14(6-7)9-4-2-3-8(12)13-9/h2-4,7H,5-6H2,1H3,(H2,12,13). The van der Waals surface area contributed by atoms with Gasteiger partial charge in [-0.15, -0.1) is 0 Å². The number of carbonyl (C=O) groups is 2. The molecule has 17 heavy (non-hydrogen) atoms. The molecule has 0 radical (unpaired) electrons. The van der Waals surface area contributed by atoms with E-state index in [4.69, 9.17) is 5.73 Å². The van der Waals surface area contributed by atoms with E-state index >= 15 is 0 Å². The van der Waals surface area contributed by atoms with Crippen LogP contribution in [0.1, 0.15) is 6.42 Å². The first-order valence-electron chi connectivity index (χ1n) is 5.22. The summed E-state index contributed by atoms with van der Waals surface area (Å²) in [5.74, 6) is -0.114. The number of amides is 1. The number of hydrogen-bond donors (Lipinski definition) is 1. The molecule has 2 N–H and O–H groups in total. The lowest BCUT2D eigenvalue weighted by Crippen LogP contribution is -2.27. The zero-order valence-electron chi connectivity index (χ0n) is 9.42. The minimum Gasteiger partial charge on any atom is -0.469 e. The molecule has 0 aliphatic carbocycles. The van der Waals surface area contributed by atoms with Gasteiger partial charge in [0.05, 0.1) is 13.0 Å². The third-order valence-electron chi connectivity index (χ3n) is 2.69. The molecule has 1 saturated heterocycles. The average molecular weight is 235 g/mol. The molecule has 1 aromatic rings. The van der Waals surface area contributed by atoms with E-state index in [1.807, 2.05) is 0 Å². The molecule has 1 atom stereocenters. The summed E-state index contributed by atoms with van der Waals surface area (Å²) < 4.78 is 4.63. The predicted octanol–water partition coefficient (Wildman–Crippen LogP) is 0.190. The summed E-state index contributed by atoms with van der Waals surface area (Å²) >= 11 is 0. The van der Waals surface area contributed by atoms with E-state index in [0.717, 1.165) is 0 Å². The highest BCUT2D eigenvalue weighted by Crippen LogP contribution is 2.24. The largest absolute Gasteiger partial charge is 0.469 e. The normalized spacial score (nSPS) is 19.5. The van der Waals surface area contributed by atoms with Crippen molar-refractivity contribution in [2.75, 3.05) is 24.3 Å². The number of nitrogens with zero attached hydrogens (tertiary/aromatic N) is 2. The molecule has 1 aliphatic heterocycles. The molecule has 1 fully saturated rings. The quantitative estimate of drug-likeness (QED) is 0.739. The Balaban J connectivity index is 2.18. The fourth-order valence-corrected chi connectivity index (χ4v) is 1.84. The second kappa shape index (κ2) is 4.40. The van der Waals surface area contributed by atoms with Crippen LogP contribution in [0.25, 0.3) is 0 Å². The summed E-state index contributed by atoms with van der Waals surface area (Å²) in [4.78, 5) is 28.6. The summed E-state index contributed by atoms with van der Waals surface area (Å²) in [5.41, 5.74) is 5.55. The molecule has 0 spiro atoms. The summed E-state index contributed by atoms with van der Waals surface area (Å²) in [7, 11) is 1.31. The van der Waals surface area contributed by atoms with Crippen LogP contribution in [-0.4, -0.2) is 30.5 Å². The second-order valence-corrected chi connectivity index (χ2v) is 3.85. The number of anilines is 2. The van der Waals surface area contributed by atoms with Crippen molar-refractivity contribution in [3.8, 4) is 0 Å². The average Bonchev–Trinajstić information content (AvgIpc) is 2.70. The molecular formula is C11H13N3O3. The van der Waals surface area contributed by atoms with Gasteiger partial charge in [0.2, 0.25) is 5.91 Å². The Kier molecular flexibility index (Phi) is 2.95. The number of ether oxygens (including phenoxy) is 1. The monoisotopic (exact) mass is 235 g/mol. The number of aromatic nitrogens is 1. The Morgan fingerprint density at radius 2 is 2.35 bits per heavy atom. The summed E-state index contributed by atoms with van der Waals surface area (Å²) in [6.45, 7) is 0.294. The number of carbonyl (C=O) groups excluding carboxylic acids is 2. The van der Waals surface area contributed by atoms with E-state index in [-0.39, 0.29) is 18.3 Å². The first-order chi connectivity index (χ1) is 8.11. The number of hydrogen-bond acceptors (Lipinski definition) is 5. The first-order valence-corrected chi connectivity index (χ1v) is 5.22. The van der Waals surface area contributed by atoms with E-state index < -0.39 is 5.92 Å². The van der Waals surface area contributed by atoms with Gasteiger partial charge in [-0.1, -0.05) is 6.07 Å². The van der Waals surface area contributed by atoms with Crippen molar-refractivity contribution in [2.45, 2.75) is 6.42 Å². The van der Waals surface area contributed by atoms with Crippen LogP contribution in [0, 0.1) is 5.92 Å². The number of methoxy groups -OCH3 is 1. The molecule has 1 unspecified atom stereocenters. The van der Waals surface area contributed by atoms with Crippen molar-refractivity contribution in [3.05, 3.63) is 18.2 Å². The van der Waals surface area contributed by atoms with Crippen molar-refractivity contribution >= 4 is 23.5 Å². The van der Waals surface area contributed by atoms with Gasteiger partial charge in [-0.2, -0.15) is 0 Å². The highest BCUT2D eigenvalue weighted by atomic mass is 16.5. The predicted molar refractivity (Wildman–Crippen MR) is 61.1 cm³/mol. The topological polar surface area (TPSA) is 85.5 Å². The van der Waals surface area contributed by atoms with Crippen LogP contribution >= 0.6 is 0 Å². The molecular weight excluding hydrogens is 222 g/mol. The summed E-state index contributed by atoms with van der Waals surface area (Å²) in [5, 5.41) is 0. The maximum atomic E-state index is 11.8. The van der Waals surface area contributed by atoms with Gasteiger partial charge in [-0.05, 0) is 12.1 Å². The molecule has 0 saturated carbocycles. The van der Waals surface area contributed by atoms with Crippen LogP contribution in [0.5, 0.6) is 0 Å². The molecule has 90 valence electrons. The van der Waals surface area contributed by atoms with Gasteiger partial charge < -0.3 is 10.5 Å². The molecule has 6 heteroatoms. The third kappa shape index (κ3) is 2.20. The van der Waals surface area contributed by atoms with E-state index in [2.05, 4.69) is 9.72 Å². The lowest BCUT2D eigenvalue weighted by atomic mass is 10.1. The van der Waals surface area contributed by atoms with Gasteiger partial charge in [0.25, 0.3) is 0 Å². The Morgan fingerprint density at radius 3 is 3.00 bits per heavy atom.